The lowest BCUT2D eigenvalue weighted by atomic mass is 9.93. The van der Waals surface area contributed by atoms with Crippen LogP contribution in [-0.2, 0) is 9.53 Å². The number of furan rings is 1. The first kappa shape index (κ1) is 12.7. The Kier molecular flexibility index (Phi) is 4.02. The summed E-state index contributed by atoms with van der Waals surface area (Å²) in [5.74, 6) is 0.446. The van der Waals surface area contributed by atoms with E-state index in [1.54, 1.807) is 17.0 Å². The Hall–Kier alpha value is -1.78. The number of ether oxygens (including phenoxy) is 1. The van der Waals surface area contributed by atoms with E-state index in [1.165, 1.54) is 13.4 Å². The van der Waals surface area contributed by atoms with Crippen molar-refractivity contribution < 1.29 is 18.7 Å². The molecular weight excluding hydrogens is 234 g/mol. The lowest BCUT2D eigenvalue weighted by molar-refractivity contribution is -0.142. The van der Waals surface area contributed by atoms with Crippen LogP contribution in [-0.4, -0.2) is 37.0 Å². The summed E-state index contributed by atoms with van der Waals surface area (Å²) >= 11 is 0. The normalized spacial score (nSPS) is 16.6. The fraction of sp³-hybridized carbons (Fsp3) is 0.538. The van der Waals surface area contributed by atoms with Gasteiger partial charge in [0.25, 0.3) is 5.91 Å². The molecule has 1 fully saturated rings. The summed E-state index contributed by atoms with van der Waals surface area (Å²) in [6, 6.07) is 3.38. The zero-order valence-electron chi connectivity index (χ0n) is 10.4. The third kappa shape index (κ3) is 2.91. The van der Waals surface area contributed by atoms with E-state index in [0.29, 0.717) is 31.2 Å². The molecule has 2 heterocycles. The van der Waals surface area contributed by atoms with Crippen molar-refractivity contribution in [3.63, 3.8) is 0 Å². The van der Waals surface area contributed by atoms with Crippen molar-refractivity contribution in [1.82, 2.24) is 4.90 Å². The smallest absolute Gasteiger partial charge is 0.305 e. The van der Waals surface area contributed by atoms with Crippen LogP contribution in [0.1, 0.15) is 29.8 Å². The van der Waals surface area contributed by atoms with Crippen LogP contribution in [0.15, 0.2) is 22.8 Å². The van der Waals surface area contributed by atoms with Gasteiger partial charge in [0, 0.05) is 19.5 Å². The molecule has 0 N–H and O–H groups in total. The number of carbonyl (C=O) groups is 2. The lowest BCUT2D eigenvalue weighted by Crippen LogP contribution is -2.38. The van der Waals surface area contributed by atoms with Crippen molar-refractivity contribution in [3.05, 3.63) is 24.2 Å². The third-order valence-corrected chi connectivity index (χ3v) is 3.32. The Morgan fingerprint density at radius 1 is 1.44 bits per heavy atom. The summed E-state index contributed by atoms with van der Waals surface area (Å²) in [4.78, 5) is 24.9. The number of nitrogens with zero attached hydrogens (tertiary/aromatic N) is 1. The first-order chi connectivity index (χ1) is 8.70. The van der Waals surface area contributed by atoms with E-state index < -0.39 is 0 Å². The molecule has 0 radical (unpaired) electrons. The topological polar surface area (TPSA) is 59.8 Å². The second-order valence-electron chi connectivity index (χ2n) is 4.49. The molecule has 1 amide bonds. The van der Waals surface area contributed by atoms with Crippen LogP contribution in [0.25, 0.3) is 0 Å². The van der Waals surface area contributed by atoms with Gasteiger partial charge in [0.05, 0.1) is 13.4 Å². The Labute approximate surface area is 106 Å². The van der Waals surface area contributed by atoms with Gasteiger partial charge < -0.3 is 14.1 Å². The summed E-state index contributed by atoms with van der Waals surface area (Å²) < 4.78 is 9.74. The van der Waals surface area contributed by atoms with Gasteiger partial charge in [-0.05, 0) is 30.9 Å². The highest BCUT2D eigenvalue weighted by Crippen LogP contribution is 2.22. The number of esters is 1. The standard InChI is InChI=1S/C13H17NO4/c1-17-12(15)9-10-4-6-14(7-5-10)13(16)11-3-2-8-18-11/h2-3,8,10H,4-7,9H2,1H3. The number of carbonyl (C=O) groups excluding carboxylic acids is 2. The number of methoxy groups -OCH3 is 1. The maximum absolute atomic E-state index is 12.0. The minimum Gasteiger partial charge on any atom is -0.469 e. The second kappa shape index (κ2) is 5.71. The van der Waals surface area contributed by atoms with Crippen LogP contribution < -0.4 is 0 Å². The summed E-state index contributed by atoms with van der Waals surface area (Å²) in [5, 5.41) is 0. The number of rotatable bonds is 3. The van der Waals surface area contributed by atoms with Crippen LogP contribution in [0.2, 0.25) is 0 Å². The van der Waals surface area contributed by atoms with Gasteiger partial charge in [-0.1, -0.05) is 0 Å². The average molecular weight is 251 g/mol. The monoisotopic (exact) mass is 251 g/mol. The third-order valence-electron chi connectivity index (χ3n) is 3.32. The molecule has 0 saturated carbocycles. The Bertz CT molecular complexity index is 405. The molecule has 5 heteroatoms. The summed E-state index contributed by atoms with van der Waals surface area (Å²) in [6.45, 7) is 1.34. The molecule has 0 aromatic carbocycles. The molecular formula is C13H17NO4. The summed E-state index contributed by atoms with van der Waals surface area (Å²) in [5.41, 5.74) is 0. The van der Waals surface area contributed by atoms with Gasteiger partial charge in [0.15, 0.2) is 5.76 Å². The lowest BCUT2D eigenvalue weighted by Gasteiger charge is -2.30. The molecule has 0 spiro atoms. The van der Waals surface area contributed by atoms with E-state index in [4.69, 9.17) is 4.42 Å². The van der Waals surface area contributed by atoms with Crippen LogP contribution in [0.4, 0.5) is 0 Å². The van der Waals surface area contributed by atoms with Crippen molar-refractivity contribution in [2.24, 2.45) is 5.92 Å². The van der Waals surface area contributed by atoms with E-state index in [-0.39, 0.29) is 11.9 Å². The molecule has 18 heavy (non-hydrogen) atoms. The fourth-order valence-corrected chi connectivity index (χ4v) is 2.22. The highest BCUT2D eigenvalue weighted by Gasteiger charge is 2.26. The van der Waals surface area contributed by atoms with Crippen molar-refractivity contribution in [3.8, 4) is 0 Å². The summed E-state index contributed by atoms with van der Waals surface area (Å²) in [7, 11) is 1.40. The van der Waals surface area contributed by atoms with Crippen LogP contribution >= 0.6 is 0 Å². The van der Waals surface area contributed by atoms with E-state index >= 15 is 0 Å². The second-order valence-corrected chi connectivity index (χ2v) is 4.49. The predicted octanol–water partition coefficient (Wildman–Crippen LogP) is 1.69. The maximum atomic E-state index is 12.0. The highest BCUT2D eigenvalue weighted by atomic mass is 16.5. The number of hydrogen-bond acceptors (Lipinski definition) is 4. The van der Waals surface area contributed by atoms with E-state index in [2.05, 4.69) is 4.74 Å². The molecule has 1 aromatic rings. The molecule has 2 rings (SSSR count). The molecule has 0 atom stereocenters. The number of amides is 1. The zero-order chi connectivity index (χ0) is 13.0. The van der Waals surface area contributed by atoms with E-state index in [9.17, 15) is 9.59 Å². The number of likely N-dealkylation sites (tertiary alicyclic amines) is 1. The summed E-state index contributed by atoms with van der Waals surface area (Å²) in [6.07, 6.45) is 3.61. The largest absolute Gasteiger partial charge is 0.469 e. The van der Waals surface area contributed by atoms with E-state index in [1.807, 2.05) is 0 Å². The number of piperidine rings is 1. The van der Waals surface area contributed by atoms with Gasteiger partial charge in [0.1, 0.15) is 0 Å². The SMILES string of the molecule is COC(=O)CC1CCN(C(=O)c2ccco2)CC1. The fourth-order valence-electron chi connectivity index (χ4n) is 2.22. The predicted molar refractivity (Wildman–Crippen MR) is 64.0 cm³/mol. The van der Waals surface area contributed by atoms with Gasteiger partial charge in [0.2, 0.25) is 0 Å². The first-order valence-electron chi connectivity index (χ1n) is 6.10. The van der Waals surface area contributed by atoms with Gasteiger partial charge in [-0.3, -0.25) is 9.59 Å². The minimum atomic E-state index is -0.175. The molecule has 5 nitrogen and oxygen atoms in total. The number of hydrogen-bond donors (Lipinski definition) is 0. The maximum Gasteiger partial charge on any atom is 0.305 e. The molecule has 0 bridgehead atoms. The highest BCUT2D eigenvalue weighted by molar-refractivity contribution is 5.91. The van der Waals surface area contributed by atoms with Crippen LogP contribution in [0.3, 0.4) is 0 Å². The minimum absolute atomic E-state index is 0.0727. The molecule has 1 aliphatic rings. The van der Waals surface area contributed by atoms with E-state index in [0.717, 1.165) is 12.8 Å². The molecule has 0 unspecified atom stereocenters. The van der Waals surface area contributed by atoms with Crippen molar-refractivity contribution >= 4 is 11.9 Å². The molecule has 1 saturated heterocycles. The average Bonchev–Trinajstić information content (AvgIpc) is 2.92. The first-order valence-corrected chi connectivity index (χ1v) is 6.10. The molecule has 1 aliphatic heterocycles. The van der Waals surface area contributed by atoms with Crippen LogP contribution in [0, 0.1) is 5.92 Å². The molecule has 98 valence electrons. The quantitative estimate of drug-likeness (QED) is 0.767. The van der Waals surface area contributed by atoms with Crippen LogP contribution in [0.5, 0.6) is 0 Å². The molecule has 1 aromatic heterocycles. The van der Waals surface area contributed by atoms with Gasteiger partial charge >= 0.3 is 5.97 Å². The Morgan fingerprint density at radius 2 is 2.17 bits per heavy atom. The Morgan fingerprint density at radius 3 is 2.72 bits per heavy atom. The van der Waals surface area contributed by atoms with Crippen molar-refractivity contribution in [2.75, 3.05) is 20.2 Å². The van der Waals surface area contributed by atoms with Crippen molar-refractivity contribution in [2.45, 2.75) is 19.3 Å². The van der Waals surface area contributed by atoms with Gasteiger partial charge in [-0.2, -0.15) is 0 Å². The zero-order valence-corrected chi connectivity index (χ0v) is 10.4. The Balaban J connectivity index is 1.83. The van der Waals surface area contributed by atoms with Crippen molar-refractivity contribution in [1.29, 1.82) is 0 Å². The molecule has 0 aliphatic carbocycles. The van der Waals surface area contributed by atoms with Gasteiger partial charge in [-0.25, -0.2) is 0 Å². The van der Waals surface area contributed by atoms with Gasteiger partial charge in [-0.15, -0.1) is 0 Å².